The molecule has 3 nitrogen and oxygen atoms in total. The van der Waals surface area contributed by atoms with Crippen LogP contribution in [0, 0.1) is 0 Å². The summed E-state index contributed by atoms with van der Waals surface area (Å²) < 4.78 is 42.6. The summed E-state index contributed by atoms with van der Waals surface area (Å²) in [5.41, 5.74) is -0.649. The van der Waals surface area contributed by atoms with E-state index in [1.54, 1.807) is 0 Å². The predicted molar refractivity (Wildman–Crippen MR) is 60.7 cm³/mol. The van der Waals surface area contributed by atoms with Crippen LogP contribution >= 0.6 is 11.6 Å². The van der Waals surface area contributed by atoms with E-state index in [1.807, 2.05) is 0 Å². The van der Waals surface area contributed by atoms with E-state index in [1.165, 1.54) is 6.07 Å². The van der Waals surface area contributed by atoms with Crippen molar-refractivity contribution in [3.8, 4) is 0 Å². The largest absolute Gasteiger partial charge is 0.416 e. The summed E-state index contributed by atoms with van der Waals surface area (Å²) in [6.07, 6.45) is -5.18. The Hall–Kier alpha value is -0.980. The lowest BCUT2D eigenvalue weighted by Gasteiger charge is -2.18. The van der Waals surface area contributed by atoms with Gasteiger partial charge in [-0.3, -0.25) is 0 Å². The summed E-state index contributed by atoms with van der Waals surface area (Å²) >= 11 is 5.82. The molecule has 1 aromatic carbocycles. The molecule has 0 radical (unpaired) electrons. The maximum Gasteiger partial charge on any atom is 0.416 e. The minimum Gasteiger partial charge on any atom is -0.388 e. The molecule has 1 fully saturated rings. The molecule has 1 heterocycles. The van der Waals surface area contributed by atoms with Gasteiger partial charge >= 0.3 is 6.18 Å². The van der Waals surface area contributed by atoms with Crippen LogP contribution < -0.4 is 5.32 Å². The second kappa shape index (κ2) is 4.95. The second-order valence-electron chi connectivity index (χ2n) is 4.05. The first kappa shape index (κ1) is 13.5. The van der Waals surface area contributed by atoms with Gasteiger partial charge in [0.2, 0.25) is 0 Å². The first-order valence-electron chi connectivity index (χ1n) is 5.27. The Bertz CT molecular complexity index is 439. The van der Waals surface area contributed by atoms with Gasteiger partial charge in [0.25, 0.3) is 0 Å². The first-order valence-corrected chi connectivity index (χ1v) is 5.65. The standard InChI is InChI=1S/C11H11ClF3NO2/c12-7-2-1-6(11(13,14)15)3-8(7)16-9-4-18-5-10(9)17/h1-3,9-10,16-17H,4-5H2. The fourth-order valence-electron chi connectivity index (χ4n) is 1.69. The highest BCUT2D eigenvalue weighted by molar-refractivity contribution is 6.33. The van der Waals surface area contributed by atoms with Crippen LogP contribution in [0.15, 0.2) is 18.2 Å². The molecule has 1 aliphatic heterocycles. The number of aliphatic hydroxyl groups is 1. The molecule has 0 aliphatic carbocycles. The van der Waals surface area contributed by atoms with Gasteiger partial charge in [0, 0.05) is 0 Å². The summed E-state index contributed by atoms with van der Waals surface area (Å²) in [4.78, 5) is 0. The van der Waals surface area contributed by atoms with Gasteiger partial charge in [0.05, 0.1) is 41.6 Å². The lowest BCUT2D eigenvalue weighted by molar-refractivity contribution is -0.137. The van der Waals surface area contributed by atoms with Crippen molar-refractivity contribution in [2.45, 2.75) is 18.3 Å². The number of nitrogens with one attached hydrogen (secondary N) is 1. The molecular formula is C11H11ClF3NO2. The molecule has 0 aromatic heterocycles. The number of anilines is 1. The monoisotopic (exact) mass is 281 g/mol. The van der Waals surface area contributed by atoms with Crippen LogP contribution in [0.5, 0.6) is 0 Å². The normalized spacial score (nSPS) is 24.3. The van der Waals surface area contributed by atoms with Gasteiger partial charge in [0.1, 0.15) is 0 Å². The van der Waals surface area contributed by atoms with Crippen molar-refractivity contribution >= 4 is 17.3 Å². The minimum absolute atomic E-state index is 0.140. The number of halogens is 4. The van der Waals surface area contributed by atoms with E-state index in [9.17, 15) is 18.3 Å². The Morgan fingerprint density at radius 3 is 2.61 bits per heavy atom. The summed E-state index contributed by atoms with van der Waals surface area (Å²) in [6, 6.07) is 2.56. The average Bonchev–Trinajstić information content (AvgIpc) is 2.66. The summed E-state index contributed by atoms with van der Waals surface area (Å²) in [6.45, 7) is 0.391. The molecule has 0 saturated carbocycles. The molecule has 2 N–H and O–H groups in total. The average molecular weight is 282 g/mol. The third kappa shape index (κ3) is 2.88. The topological polar surface area (TPSA) is 41.5 Å². The summed E-state index contributed by atoms with van der Waals surface area (Å²) in [5.74, 6) is 0. The Labute approximate surface area is 107 Å². The van der Waals surface area contributed by atoms with Crippen LogP contribution in [0.3, 0.4) is 0 Å². The molecule has 0 bridgehead atoms. The number of ether oxygens (including phenoxy) is 1. The smallest absolute Gasteiger partial charge is 0.388 e. The Kier molecular flexibility index (Phi) is 3.70. The fourth-order valence-corrected chi connectivity index (χ4v) is 1.86. The van der Waals surface area contributed by atoms with Crippen molar-refractivity contribution in [1.82, 2.24) is 0 Å². The predicted octanol–water partition coefficient (Wildman–Crippen LogP) is 2.53. The Balaban J connectivity index is 2.21. The van der Waals surface area contributed by atoms with Crippen molar-refractivity contribution in [1.29, 1.82) is 0 Å². The molecule has 2 rings (SSSR count). The molecule has 2 atom stereocenters. The van der Waals surface area contributed by atoms with Gasteiger partial charge in [-0.2, -0.15) is 13.2 Å². The Morgan fingerprint density at radius 1 is 1.33 bits per heavy atom. The van der Waals surface area contributed by atoms with Crippen LogP contribution in [-0.2, 0) is 10.9 Å². The van der Waals surface area contributed by atoms with E-state index in [2.05, 4.69) is 5.32 Å². The highest BCUT2D eigenvalue weighted by Crippen LogP contribution is 2.34. The maximum atomic E-state index is 12.5. The molecule has 2 unspecified atom stereocenters. The number of aliphatic hydroxyl groups excluding tert-OH is 1. The Morgan fingerprint density at radius 2 is 2.06 bits per heavy atom. The molecule has 1 aromatic rings. The molecular weight excluding hydrogens is 271 g/mol. The molecule has 1 aliphatic rings. The number of rotatable bonds is 2. The quantitative estimate of drug-likeness (QED) is 0.875. The third-order valence-corrected chi connectivity index (χ3v) is 3.01. The number of benzene rings is 1. The third-order valence-electron chi connectivity index (χ3n) is 2.69. The molecule has 7 heteroatoms. The van der Waals surface area contributed by atoms with Crippen molar-refractivity contribution in [3.63, 3.8) is 0 Å². The SMILES string of the molecule is OC1COCC1Nc1cc(C(F)(F)F)ccc1Cl. The fraction of sp³-hybridized carbons (Fsp3) is 0.455. The van der Waals surface area contributed by atoms with Crippen molar-refractivity contribution < 1.29 is 23.0 Å². The van der Waals surface area contributed by atoms with Gasteiger partial charge in [0.15, 0.2) is 0 Å². The zero-order chi connectivity index (χ0) is 13.3. The van der Waals surface area contributed by atoms with Crippen LogP contribution in [0.25, 0.3) is 0 Å². The number of hydrogen-bond acceptors (Lipinski definition) is 3. The highest BCUT2D eigenvalue weighted by atomic mass is 35.5. The highest BCUT2D eigenvalue weighted by Gasteiger charge is 2.32. The zero-order valence-electron chi connectivity index (χ0n) is 9.17. The number of hydrogen-bond donors (Lipinski definition) is 2. The van der Waals surface area contributed by atoms with Crippen molar-refractivity contribution in [2.24, 2.45) is 0 Å². The van der Waals surface area contributed by atoms with Crippen molar-refractivity contribution in [3.05, 3.63) is 28.8 Å². The van der Waals surface area contributed by atoms with Gasteiger partial charge < -0.3 is 15.2 Å². The van der Waals surface area contributed by atoms with E-state index in [0.29, 0.717) is 0 Å². The zero-order valence-corrected chi connectivity index (χ0v) is 9.92. The minimum atomic E-state index is -4.42. The van der Waals surface area contributed by atoms with Crippen LogP contribution in [0.4, 0.5) is 18.9 Å². The molecule has 1 saturated heterocycles. The van der Waals surface area contributed by atoms with E-state index >= 15 is 0 Å². The molecule has 0 amide bonds. The molecule has 100 valence electrons. The maximum absolute atomic E-state index is 12.5. The second-order valence-corrected chi connectivity index (χ2v) is 4.46. The van der Waals surface area contributed by atoms with Gasteiger partial charge in [-0.05, 0) is 18.2 Å². The van der Waals surface area contributed by atoms with Crippen LogP contribution in [0.1, 0.15) is 5.56 Å². The van der Waals surface area contributed by atoms with Crippen LogP contribution in [0.2, 0.25) is 5.02 Å². The van der Waals surface area contributed by atoms with Gasteiger partial charge in [-0.1, -0.05) is 11.6 Å². The summed E-state index contributed by atoms with van der Waals surface area (Å²) in [7, 11) is 0. The number of alkyl halides is 3. The van der Waals surface area contributed by atoms with E-state index in [0.717, 1.165) is 12.1 Å². The first-order chi connectivity index (χ1) is 8.38. The lowest BCUT2D eigenvalue weighted by Crippen LogP contribution is -2.32. The van der Waals surface area contributed by atoms with Gasteiger partial charge in [-0.25, -0.2) is 0 Å². The van der Waals surface area contributed by atoms with Crippen LogP contribution in [-0.4, -0.2) is 30.5 Å². The van der Waals surface area contributed by atoms with E-state index in [4.69, 9.17) is 16.3 Å². The molecule has 18 heavy (non-hydrogen) atoms. The summed E-state index contributed by atoms with van der Waals surface area (Å²) in [5, 5.41) is 12.5. The van der Waals surface area contributed by atoms with E-state index in [-0.39, 0.29) is 23.9 Å². The van der Waals surface area contributed by atoms with E-state index < -0.39 is 23.9 Å². The van der Waals surface area contributed by atoms with Gasteiger partial charge in [-0.15, -0.1) is 0 Å². The molecule has 0 spiro atoms. The van der Waals surface area contributed by atoms with Crippen molar-refractivity contribution in [2.75, 3.05) is 18.5 Å². The lowest BCUT2D eigenvalue weighted by atomic mass is 10.1.